The van der Waals surface area contributed by atoms with Crippen molar-refractivity contribution in [2.24, 2.45) is 0 Å². The van der Waals surface area contributed by atoms with E-state index in [4.69, 9.17) is 0 Å². The second-order valence-corrected chi connectivity index (χ2v) is 6.29. The van der Waals surface area contributed by atoms with Crippen LogP contribution in [0.25, 0.3) is 0 Å². The molecule has 0 spiro atoms. The summed E-state index contributed by atoms with van der Waals surface area (Å²) >= 11 is 0. The number of aromatic nitrogens is 1. The summed E-state index contributed by atoms with van der Waals surface area (Å²) in [6, 6.07) is 17.0. The monoisotopic (exact) mass is 373 g/mol. The molecule has 6 nitrogen and oxygen atoms in total. The average molecular weight is 373 g/mol. The van der Waals surface area contributed by atoms with E-state index >= 15 is 0 Å². The molecule has 6 heteroatoms. The minimum absolute atomic E-state index is 0.0492. The number of Topliss-reactive ketones (excluding diaryl/α,β-unsaturated/α-hetero) is 1. The number of amides is 2. The van der Waals surface area contributed by atoms with Gasteiger partial charge in [0.25, 0.3) is 11.8 Å². The molecular formula is C22H19N3O3. The van der Waals surface area contributed by atoms with Gasteiger partial charge in [-0.3, -0.25) is 19.4 Å². The quantitative estimate of drug-likeness (QED) is 0.659. The fourth-order valence-electron chi connectivity index (χ4n) is 2.59. The lowest BCUT2D eigenvalue weighted by Crippen LogP contribution is -2.17. The molecule has 1 heterocycles. The maximum absolute atomic E-state index is 12.5. The van der Waals surface area contributed by atoms with Gasteiger partial charge in [-0.25, -0.2) is 0 Å². The van der Waals surface area contributed by atoms with Crippen molar-refractivity contribution >= 4 is 29.0 Å². The van der Waals surface area contributed by atoms with Crippen LogP contribution in [0.15, 0.2) is 66.9 Å². The Morgan fingerprint density at radius 1 is 0.821 bits per heavy atom. The van der Waals surface area contributed by atoms with Crippen molar-refractivity contribution in [3.63, 3.8) is 0 Å². The number of ketones is 1. The molecule has 1 aromatic heterocycles. The summed E-state index contributed by atoms with van der Waals surface area (Å²) in [6.45, 7) is 3.38. The van der Waals surface area contributed by atoms with Gasteiger partial charge in [0, 0.05) is 28.7 Å². The Balaban J connectivity index is 1.73. The van der Waals surface area contributed by atoms with E-state index in [0.717, 1.165) is 5.56 Å². The Labute approximate surface area is 162 Å². The van der Waals surface area contributed by atoms with Crippen LogP contribution in [0.4, 0.5) is 11.4 Å². The Hall–Kier alpha value is -3.80. The van der Waals surface area contributed by atoms with Crippen LogP contribution in [0.1, 0.15) is 43.7 Å². The average Bonchev–Trinajstić information content (AvgIpc) is 2.70. The third kappa shape index (κ3) is 4.48. The highest BCUT2D eigenvalue weighted by molar-refractivity contribution is 6.08. The first-order chi connectivity index (χ1) is 13.4. The Morgan fingerprint density at radius 2 is 1.54 bits per heavy atom. The van der Waals surface area contributed by atoms with Crippen molar-refractivity contribution in [1.29, 1.82) is 0 Å². The number of hydrogen-bond acceptors (Lipinski definition) is 4. The number of nitrogens with zero attached hydrogens (tertiary/aromatic N) is 1. The number of rotatable bonds is 5. The van der Waals surface area contributed by atoms with E-state index in [0.29, 0.717) is 22.5 Å². The largest absolute Gasteiger partial charge is 0.322 e. The molecule has 0 fully saturated rings. The lowest BCUT2D eigenvalue weighted by atomic mass is 10.1. The predicted molar refractivity (Wildman–Crippen MR) is 108 cm³/mol. The molecule has 2 aromatic carbocycles. The van der Waals surface area contributed by atoms with Gasteiger partial charge in [-0.05, 0) is 61.9 Å². The minimum Gasteiger partial charge on any atom is -0.322 e. The molecule has 0 atom stereocenters. The van der Waals surface area contributed by atoms with Gasteiger partial charge in [0.2, 0.25) is 0 Å². The number of para-hydroxylation sites is 1. The minimum atomic E-state index is -0.443. The van der Waals surface area contributed by atoms with Crippen LogP contribution >= 0.6 is 0 Å². The molecular weight excluding hydrogens is 354 g/mol. The fraction of sp³-hybridized carbons (Fsp3) is 0.0909. The summed E-state index contributed by atoms with van der Waals surface area (Å²) in [7, 11) is 0. The van der Waals surface area contributed by atoms with Crippen molar-refractivity contribution in [2.45, 2.75) is 13.8 Å². The lowest BCUT2D eigenvalue weighted by molar-refractivity contribution is 0.101. The van der Waals surface area contributed by atoms with Crippen LogP contribution < -0.4 is 10.6 Å². The zero-order valence-corrected chi connectivity index (χ0v) is 15.5. The lowest BCUT2D eigenvalue weighted by Gasteiger charge is -2.09. The number of carbonyl (C=O) groups is 3. The van der Waals surface area contributed by atoms with E-state index in [2.05, 4.69) is 15.6 Å². The number of carbonyl (C=O) groups excluding carboxylic acids is 3. The van der Waals surface area contributed by atoms with Crippen molar-refractivity contribution in [3.05, 3.63) is 89.2 Å². The standard InChI is InChI=1S/C22H19N3O3/c1-14-5-3-4-6-19(14)25-21(27)17-11-12-23-20(13-17)22(28)24-18-9-7-16(8-10-18)15(2)26/h3-13H,1-2H3,(H,24,28)(H,25,27). The third-order valence-electron chi connectivity index (χ3n) is 4.20. The van der Waals surface area contributed by atoms with Crippen LogP contribution in [0, 0.1) is 6.92 Å². The second-order valence-electron chi connectivity index (χ2n) is 6.29. The Bertz CT molecular complexity index is 1040. The Kier molecular flexibility index (Phi) is 5.60. The summed E-state index contributed by atoms with van der Waals surface area (Å²) in [4.78, 5) is 40.3. The normalized spacial score (nSPS) is 10.2. The molecule has 0 aliphatic rings. The smallest absolute Gasteiger partial charge is 0.274 e. The van der Waals surface area contributed by atoms with E-state index in [1.807, 2.05) is 31.2 Å². The third-order valence-corrected chi connectivity index (χ3v) is 4.20. The molecule has 2 amide bonds. The fourth-order valence-corrected chi connectivity index (χ4v) is 2.59. The van der Waals surface area contributed by atoms with Gasteiger partial charge in [0.1, 0.15) is 5.69 Å². The topological polar surface area (TPSA) is 88.2 Å². The maximum Gasteiger partial charge on any atom is 0.274 e. The molecule has 0 unspecified atom stereocenters. The van der Waals surface area contributed by atoms with Gasteiger partial charge in [0.05, 0.1) is 0 Å². The van der Waals surface area contributed by atoms with Gasteiger partial charge >= 0.3 is 0 Å². The van der Waals surface area contributed by atoms with E-state index < -0.39 is 5.91 Å². The summed E-state index contributed by atoms with van der Waals surface area (Å²) in [5.74, 6) is -0.815. The highest BCUT2D eigenvalue weighted by Gasteiger charge is 2.13. The SMILES string of the molecule is CC(=O)c1ccc(NC(=O)c2cc(C(=O)Nc3ccccc3C)ccn2)cc1. The van der Waals surface area contributed by atoms with Crippen LogP contribution in [-0.2, 0) is 0 Å². The molecule has 0 aliphatic heterocycles. The second kappa shape index (κ2) is 8.26. The van der Waals surface area contributed by atoms with E-state index in [9.17, 15) is 14.4 Å². The van der Waals surface area contributed by atoms with Crippen LogP contribution in [0.3, 0.4) is 0 Å². The molecule has 0 aliphatic carbocycles. The number of aryl methyl sites for hydroxylation is 1. The Morgan fingerprint density at radius 3 is 2.21 bits per heavy atom. The number of hydrogen-bond donors (Lipinski definition) is 2. The molecule has 0 saturated carbocycles. The van der Waals surface area contributed by atoms with Crippen molar-refractivity contribution in [2.75, 3.05) is 10.6 Å². The maximum atomic E-state index is 12.5. The van der Waals surface area contributed by atoms with E-state index in [1.54, 1.807) is 30.3 Å². The highest BCUT2D eigenvalue weighted by Crippen LogP contribution is 2.16. The number of nitrogens with one attached hydrogen (secondary N) is 2. The molecule has 0 radical (unpaired) electrons. The van der Waals surface area contributed by atoms with Crippen molar-refractivity contribution < 1.29 is 14.4 Å². The van der Waals surface area contributed by atoms with Gasteiger partial charge < -0.3 is 10.6 Å². The zero-order valence-electron chi connectivity index (χ0n) is 15.5. The zero-order chi connectivity index (χ0) is 20.1. The molecule has 0 saturated heterocycles. The molecule has 28 heavy (non-hydrogen) atoms. The first kappa shape index (κ1) is 19.0. The molecule has 140 valence electrons. The van der Waals surface area contributed by atoms with Gasteiger partial charge in [-0.1, -0.05) is 18.2 Å². The van der Waals surface area contributed by atoms with Gasteiger partial charge in [-0.15, -0.1) is 0 Å². The first-order valence-electron chi connectivity index (χ1n) is 8.69. The summed E-state index contributed by atoms with van der Waals surface area (Å²) in [6.07, 6.45) is 1.42. The summed E-state index contributed by atoms with van der Waals surface area (Å²) in [5, 5.41) is 5.53. The van der Waals surface area contributed by atoms with E-state index in [-0.39, 0.29) is 17.4 Å². The molecule has 3 aromatic rings. The molecule has 3 rings (SSSR count). The summed E-state index contributed by atoms with van der Waals surface area (Å²) in [5.41, 5.74) is 3.19. The first-order valence-corrected chi connectivity index (χ1v) is 8.69. The number of pyridine rings is 1. The molecule has 2 N–H and O–H groups in total. The number of benzene rings is 2. The molecule has 0 bridgehead atoms. The van der Waals surface area contributed by atoms with Crippen molar-refractivity contribution in [1.82, 2.24) is 4.98 Å². The van der Waals surface area contributed by atoms with Crippen LogP contribution in [0.5, 0.6) is 0 Å². The number of anilines is 2. The van der Waals surface area contributed by atoms with Crippen LogP contribution in [0.2, 0.25) is 0 Å². The predicted octanol–water partition coefficient (Wildman–Crippen LogP) is 4.10. The van der Waals surface area contributed by atoms with Crippen LogP contribution in [-0.4, -0.2) is 22.6 Å². The van der Waals surface area contributed by atoms with E-state index in [1.165, 1.54) is 19.2 Å². The highest BCUT2D eigenvalue weighted by atomic mass is 16.2. The van der Waals surface area contributed by atoms with Gasteiger partial charge in [-0.2, -0.15) is 0 Å². The summed E-state index contributed by atoms with van der Waals surface area (Å²) < 4.78 is 0. The van der Waals surface area contributed by atoms with Crippen molar-refractivity contribution in [3.8, 4) is 0 Å². The van der Waals surface area contributed by atoms with Gasteiger partial charge in [0.15, 0.2) is 5.78 Å².